The molecule has 0 heterocycles. The molecule has 0 aliphatic heterocycles. The van der Waals surface area contributed by atoms with E-state index in [-0.39, 0.29) is 18.6 Å². The van der Waals surface area contributed by atoms with Crippen LogP contribution < -0.4 is 5.32 Å². The van der Waals surface area contributed by atoms with Crippen molar-refractivity contribution in [1.29, 1.82) is 0 Å². The Morgan fingerprint density at radius 2 is 2.05 bits per heavy atom. The molecule has 0 aromatic heterocycles. The number of ether oxygens (including phenoxy) is 1. The zero-order valence-electron chi connectivity index (χ0n) is 11.4. The van der Waals surface area contributed by atoms with Crippen molar-refractivity contribution in [2.24, 2.45) is 0 Å². The molecule has 0 aliphatic rings. The fraction of sp³-hybridized carbons (Fsp3) is 0.429. The summed E-state index contributed by atoms with van der Waals surface area (Å²) in [6.07, 6.45) is 2.73. The van der Waals surface area contributed by atoms with Gasteiger partial charge in [-0.25, -0.2) is 4.79 Å². The first-order valence-electron chi connectivity index (χ1n) is 6.18. The molecule has 104 valence electrons. The minimum Gasteiger partial charge on any atom is -0.452 e. The van der Waals surface area contributed by atoms with Crippen molar-refractivity contribution < 1.29 is 14.3 Å². The highest BCUT2D eigenvalue weighted by Crippen LogP contribution is 2.20. The van der Waals surface area contributed by atoms with E-state index < -0.39 is 5.97 Å². The lowest BCUT2D eigenvalue weighted by molar-refractivity contribution is -0.124. The summed E-state index contributed by atoms with van der Waals surface area (Å²) in [5.74, 6) is -0.742. The molecular formula is C14H19NO3S. The Morgan fingerprint density at radius 3 is 2.68 bits per heavy atom. The van der Waals surface area contributed by atoms with E-state index in [0.29, 0.717) is 5.56 Å². The van der Waals surface area contributed by atoms with E-state index in [1.807, 2.05) is 32.2 Å². The molecule has 0 aliphatic carbocycles. The molecule has 1 rings (SSSR count). The topological polar surface area (TPSA) is 55.4 Å². The summed E-state index contributed by atoms with van der Waals surface area (Å²) in [5, 5.41) is 2.74. The SMILES string of the molecule is CC[C@@H](C)NC(=O)COC(=O)c1ccccc1SC. The van der Waals surface area contributed by atoms with Crippen molar-refractivity contribution in [3.63, 3.8) is 0 Å². The lowest BCUT2D eigenvalue weighted by atomic mass is 10.2. The summed E-state index contributed by atoms with van der Waals surface area (Å²) in [5.41, 5.74) is 0.492. The van der Waals surface area contributed by atoms with Crippen molar-refractivity contribution in [3.8, 4) is 0 Å². The second-order valence-electron chi connectivity index (χ2n) is 4.15. The maximum Gasteiger partial charge on any atom is 0.339 e. The Balaban J connectivity index is 2.54. The van der Waals surface area contributed by atoms with E-state index in [1.54, 1.807) is 12.1 Å². The van der Waals surface area contributed by atoms with Gasteiger partial charge in [-0.15, -0.1) is 11.8 Å². The quantitative estimate of drug-likeness (QED) is 0.643. The molecule has 5 heteroatoms. The van der Waals surface area contributed by atoms with Crippen LogP contribution in [0.5, 0.6) is 0 Å². The fourth-order valence-electron chi connectivity index (χ4n) is 1.44. The van der Waals surface area contributed by atoms with E-state index in [2.05, 4.69) is 5.32 Å². The highest BCUT2D eigenvalue weighted by atomic mass is 32.2. The van der Waals surface area contributed by atoms with Crippen LogP contribution in [-0.2, 0) is 9.53 Å². The molecule has 1 N–H and O–H groups in total. The van der Waals surface area contributed by atoms with Gasteiger partial charge in [0, 0.05) is 10.9 Å². The Hall–Kier alpha value is -1.49. The molecule has 1 amide bonds. The Labute approximate surface area is 117 Å². The van der Waals surface area contributed by atoms with E-state index in [1.165, 1.54) is 11.8 Å². The number of carbonyl (C=O) groups is 2. The van der Waals surface area contributed by atoms with Crippen LogP contribution in [0.3, 0.4) is 0 Å². The maximum absolute atomic E-state index is 11.9. The van der Waals surface area contributed by atoms with Gasteiger partial charge in [-0.05, 0) is 31.7 Å². The number of esters is 1. The van der Waals surface area contributed by atoms with Gasteiger partial charge in [0.1, 0.15) is 0 Å². The van der Waals surface area contributed by atoms with Crippen LogP contribution in [0, 0.1) is 0 Å². The van der Waals surface area contributed by atoms with Crippen LogP contribution in [0.15, 0.2) is 29.2 Å². The minimum atomic E-state index is -0.468. The van der Waals surface area contributed by atoms with Gasteiger partial charge in [-0.3, -0.25) is 4.79 Å². The molecule has 0 radical (unpaired) electrons. The molecule has 0 spiro atoms. The minimum absolute atomic E-state index is 0.0877. The summed E-state index contributed by atoms with van der Waals surface area (Å²) in [6.45, 7) is 3.64. The molecule has 0 saturated heterocycles. The standard InChI is InChI=1S/C14H19NO3S/c1-4-10(2)15-13(16)9-18-14(17)11-7-5-6-8-12(11)19-3/h5-8,10H,4,9H2,1-3H3,(H,15,16)/t10-/m1/s1. The number of nitrogens with one attached hydrogen (secondary N) is 1. The second kappa shape index (κ2) is 7.84. The van der Waals surface area contributed by atoms with Gasteiger partial charge in [0.2, 0.25) is 0 Å². The third-order valence-corrected chi connectivity index (χ3v) is 3.48. The predicted molar refractivity (Wildman–Crippen MR) is 76.4 cm³/mol. The number of amides is 1. The lowest BCUT2D eigenvalue weighted by Crippen LogP contribution is -2.35. The molecule has 1 aromatic rings. The van der Waals surface area contributed by atoms with E-state index >= 15 is 0 Å². The van der Waals surface area contributed by atoms with Crippen LogP contribution in [0.25, 0.3) is 0 Å². The highest BCUT2D eigenvalue weighted by Gasteiger charge is 2.14. The third-order valence-electron chi connectivity index (χ3n) is 2.68. The average molecular weight is 281 g/mol. The van der Waals surface area contributed by atoms with Gasteiger partial charge >= 0.3 is 5.97 Å². The molecule has 0 bridgehead atoms. The zero-order valence-corrected chi connectivity index (χ0v) is 12.3. The van der Waals surface area contributed by atoms with Crippen molar-refractivity contribution in [1.82, 2.24) is 5.32 Å². The van der Waals surface area contributed by atoms with Gasteiger partial charge < -0.3 is 10.1 Å². The molecule has 0 fully saturated rings. The van der Waals surface area contributed by atoms with Crippen LogP contribution in [0.1, 0.15) is 30.6 Å². The van der Waals surface area contributed by atoms with Crippen LogP contribution in [-0.4, -0.2) is 30.8 Å². The number of carbonyl (C=O) groups excluding carboxylic acids is 2. The maximum atomic E-state index is 11.9. The third kappa shape index (κ3) is 4.95. The summed E-state index contributed by atoms with van der Waals surface area (Å²) in [4.78, 5) is 24.2. The molecule has 4 nitrogen and oxygen atoms in total. The van der Waals surface area contributed by atoms with Crippen molar-refractivity contribution in [2.75, 3.05) is 12.9 Å². The van der Waals surface area contributed by atoms with Crippen LogP contribution in [0.4, 0.5) is 0 Å². The van der Waals surface area contributed by atoms with Gasteiger partial charge in [0.15, 0.2) is 6.61 Å². The van der Waals surface area contributed by atoms with E-state index in [9.17, 15) is 9.59 Å². The van der Waals surface area contributed by atoms with Gasteiger partial charge in [-0.1, -0.05) is 19.1 Å². The van der Waals surface area contributed by atoms with E-state index in [4.69, 9.17) is 4.74 Å². The Morgan fingerprint density at radius 1 is 1.37 bits per heavy atom. The van der Waals surface area contributed by atoms with Crippen molar-refractivity contribution in [3.05, 3.63) is 29.8 Å². The van der Waals surface area contributed by atoms with E-state index in [0.717, 1.165) is 11.3 Å². The lowest BCUT2D eigenvalue weighted by Gasteiger charge is -2.12. The summed E-state index contributed by atoms with van der Waals surface area (Å²) >= 11 is 1.47. The predicted octanol–water partition coefficient (Wildman–Crippen LogP) is 2.48. The van der Waals surface area contributed by atoms with Gasteiger partial charge in [0.25, 0.3) is 5.91 Å². The van der Waals surface area contributed by atoms with Crippen molar-refractivity contribution >= 4 is 23.6 Å². The number of thioether (sulfide) groups is 1. The molecule has 1 atom stereocenters. The first-order valence-corrected chi connectivity index (χ1v) is 7.40. The number of rotatable bonds is 6. The fourth-order valence-corrected chi connectivity index (χ4v) is 2.03. The Kier molecular flexibility index (Phi) is 6.42. The smallest absolute Gasteiger partial charge is 0.339 e. The summed E-state index contributed by atoms with van der Waals surface area (Å²) < 4.78 is 5.01. The monoisotopic (exact) mass is 281 g/mol. The number of hydrogen-bond acceptors (Lipinski definition) is 4. The number of benzene rings is 1. The zero-order chi connectivity index (χ0) is 14.3. The van der Waals surface area contributed by atoms with Crippen molar-refractivity contribution in [2.45, 2.75) is 31.2 Å². The number of hydrogen-bond donors (Lipinski definition) is 1. The molecule has 1 aromatic carbocycles. The summed E-state index contributed by atoms with van der Waals surface area (Å²) in [6, 6.07) is 7.26. The van der Waals surface area contributed by atoms with Crippen LogP contribution >= 0.6 is 11.8 Å². The van der Waals surface area contributed by atoms with Gasteiger partial charge in [0.05, 0.1) is 5.56 Å². The first kappa shape index (κ1) is 15.6. The summed E-state index contributed by atoms with van der Waals surface area (Å²) in [7, 11) is 0. The Bertz CT molecular complexity index is 448. The average Bonchev–Trinajstić information content (AvgIpc) is 2.44. The highest BCUT2D eigenvalue weighted by molar-refractivity contribution is 7.98. The largest absolute Gasteiger partial charge is 0.452 e. The molecule has 0 unspecified atom stereocenters. The normalized spacial score (nSPS) is 11.7. The van der Waals surface area contributed by atoms with Crippen LogP contribution in [0.2, 0.25) is 0 Å². The first-order chi connectivity index (χ1) is 9.08. The molecular weight excluding hydrogens is 262 g/mol. The second-order valence-corrected chi connectivity index (χ2v) is 5.00. The molecule has 19 heavy (non-hydrogen) atoms. The van der Waals surface area contributed by atoms with Gasteiger partial charge in [-0.2, -0.15) is 0 Å². The molecule has 0 saturated carbocycles.